The Bertz CT molecular complexity index is 194. The number of hydrogen-bond acceptors (Lipinski definition) is 0. The smallest absolute Gasteiger partial charge is 0.0761 e. The lowest BCUT2D eigenvalue weighted by Gasteiger charge is -2.43. The average molecular weight is 254 g/mol. The van der Waals surface area contributed by atoms with Crippen LogP contribution in [0.25, 0.3) is 0 Å². The Morgan fingerprint density at radius 2 is 0.875 bits per heavy atom. The van der Waals surface area contributed by atoms with E-state index in [9.17, 15) is 0 Å². The lowest BCUT2D eigenvalue weighted by atomic mass is 9.88. The molecule has 4 radical (unpaired) electrons. The highest BCUT2D eigenvalue weighted by Crippen LogP contribution is 2.58. The van der Waals surface area contributed by atoms with Gasteiger partial charge in [-0.2, -0.15) is 0 Å². The summed E-state index contributed by atoms with van der Waals surface area (Å²) in [6.45, 7) is 18.2. The monoisotopic (exact) mass is 254 g/mol. The molecular weight excluding hydrogens is 228 g/mol. The fourth-order valence-corrected chi connectivity index (χ4v) is 5.26. The van der Waals surface area contributed by atoms with Crippen LogP contribution in [0.4, 0.5) is 0 Å². The van der Waals surface area contributed by atoms with Crippen molar-refractivity contribution < 1.29 is 0 Å². The van der Waals surface area contributed by atoms with E-state index in [2.05, 4.69) is 54.9 Å². The van der Waals surface area contributed by atoms with Crippen molar-refractivity contribution in [2.45, 2.75) is 63.0 Å². The predicted octanol–water partition coefficient (Wildman–Crippen LogP) is 3.80. The molecule has 0 unspecified atom stereocenters. The highest BCUT2D eigenvalue weighted by atomic mass is 31.1. The summed E-state index contributed by atoms with van der Waals surface area (Å²) in [5.41, 5.74) is 0.315. The molecule has 0 aliphatic rings. The largest absolute Gasteiger partial charge is 0.110 e. The van der Waals surface area contributed by atoms with Crippen LogP contribution < -0.4 is 0 Å². The first kappa shape index (κ1) is 17.0. The number of rotatable bonds is 3. The standard InChI is InChI=1S/C12H26B2P2/c1-11(2,3)15(7)9(13)10(14)16(8)12(4,5)6/h9-10H,1-8H3/t9-,10-,15+,16+/m1/s1. The Morgan fingerprint density at radius 1 is 0.688 bits per heavy atom. The van der Waals surface area contributed by atoms with Crippen molar-refractivity contribution in [1.82, 2.24) is 0 Å². The quantitative estimate of drug-likeness (QED) is 0.530. The lowest BCUT2D eigenvalue weighted by molar-refractivity contribution is 0.770. The molecule has 0 aliphatic heterocycles. The Kier molecular flexibility index (Phi) is 6.11. The van der Waals surface area contributed by atoms with E-state index in [0.717, 1.165) is 0 Å². The Balaban J connectivity index is 4.68. The highest BCUT2D eigenvalue weighted by molar-refractivity contribution is 7.65. The van der Waals surface area contributed by atoms with Crippen LogP contribution in [0.1, 0.15) is 41.5 Å². The molecule has 0 heterocycles. The summed E-state index contributed by atoms with van der Waals surface area (Å²) in [7, 11) is 12.3. The van der Waals surface area contributed by atoms with Crippen LogP contribution in [0.3, 0.4) is 0 Å². The molecule has 90 valence electrons. The molecule has 0 aliphatic carbocycles. The molecule has 0 saturated heterocycles. The maximum atomic E-state index is 6.36. The topological polar surface area (TPSA) is 0 Å². The summed E-state index contributed by atoms with van der Waals surface area (Å²) in [4.78, 5) is 0. The molecule has 0 aromatic rings. The summed E-state index contributed by atoms with van der Waals surface area (Å²) >= 11 is 0. The van der Waals surface area contributed by atoms with Crippen LogP contribution in [0, 0.1) is 0 Å². The molecule has 0 saturated carbocycles. The summed E-state index contributed by atoms with van der Waals surface area (Å²) in [5, 5.41) is 0.584. The molecule has 0 aromatic carbocycles. The van der Waals surface area contributed by atoms with E-state index in [0.29, 0.717) is 10.3 Å². The second-order valence-corrected chi connectivity index (χ2v) is 12.9. The molecule has 0 rings (SSSR count). The second kappa shape index (κ2) is 5.75. The van der Waals surface area contributed by atoms with Crippen LogP contribution in [-0.4, -0.2) is 50.5 Å². The molecule has 0 bridgehead atoms. The van der Waals surface area contributed by atoms with Gasteiger partial charge >= 0.3 is 0 Å². The van der Waals surface area contributed by atoms with Crippen molar-refractivity contribution in [1.29, 1.82) is 0 Å². The Hall–Kier alpha value is 0.990. The van der Waals surface area contributed by atoms with Gasteiger partial charge < -0.3 is 0 Å². The van der Waals surface area contributed by atoms with Gasteiger partial charge in [0.1, 0.15) is 0 Å². The molecule has 0 nitrogen and oxygen atoms in total. The Morgan fingerprint density at radius 3 is 1.00 bits per heavy atom. The van der Waals surface area contributed by atoms with Gasteiger partial charge in [-0.25, -0.2) is 0 Å². The molecular formula is C12H26B2P2. The van der Waals surface area contributed by atoms with E-state index in [1.165, 1.54) is 0 Å². The fraction of sp³-hybridized carbons (Fsp3) is 1.00. The minimum Gasteiger partial charge on any atom is -0.110 e. The molecule has 4 atom stereocenters. The van der Waals surface area contributed by atoms with E-state index in [-0.39, 0.29) is 27.0 Å². The molecule has 0 fully saturated rings. The Labute approximate surface area is 108 Å². The lowest BCUT2D eigenvalue weighted by Crippen LogP contribution is -2.33. The first-order valence-electron chi connectivity index (χ1n) is 5.86. The van der Waals surface area contributed by atoms with Crippen LogP contribution >= 0.6 is 15.8 Å². The van der Waals surface area contributed by atoms with Crippen molar-refractivity contribution in [2.75, 3.05) is 13.3 Å². The summed E-state index contributed by atoms with van der Waals surface area (Å²) < 4.78 is 0. The van der Waals surface area contributed by atoms with Gasteiger partial charge in [0, 0.05) is 0 Å². The zero-order chi connectivity index (χ0) is 13.3. The number of hydrogen-bond donors (Lipinski definition) is 0. The third kappa shape index (κ3) is 4.70. The minimum absolute atomic E-state index is 0.158. The minimum atomic E-state index is -0.233. The van der Waals surface area contributed by atoms with Crippen molar-refractivity contribution in [3.63, 3.8) is 0 Å². The molecule has 4 heteroatoms. The van der Waals surface area contributed by atoms with Crippen molar-refractivity contribution >= 4 is 31.5 Å². The molecule has 16 heavy (non-hydrogen) atoms. The maximum Gasteiger partial charge on any atom is 0.0761 e. The third-order valence-corrected chi connectivity index (χ3v) is 10.3. The van der Waals surface area contributed by atoms with Crippen molar-refractivity contribution in [3.05, 3.63) is 0 Å². The van der Waals surface area contributed by atoms with Crippen molar-refractivity contribution in [2.24, 2.45) is 0 Å². The molecule has 0 spiro atoms. The molecule has 0 N–H and O–H groups in total. The predicted molar refractivity (Wildman–Crippen MR) is 84.3 cm³/mol. The zero-order valence-electron chi connectivity index (χ0n) is 12.2. The van der Waals surface area contributed by atoms with Gasteiger partial charge in [0.2, 0.25) is 0 Å². The summed E-state index contributed by atoms with van der Waals surface area (Å²) in [5.74, 6) is 0. The SMILES string of the molecule is [B][C@@H]([C@H]([B])[P@](C)C(C)(C)C)[P@](C)C(C)(C)C. The van der Waals surface area contributed by atoms with Gasteiger partial charge in [-0.05, 0) is 23.6 Å². The van der Waals surface area contributed by atoms with Gasteiger partial charge in [0.25, 0.3) is 0 Å². The van der Waals surface area contributed by atoms with E-state index < -0.39 is 0 Å². The highest BCUT2D eigenvalue weighted by Gasteiger charge is 2.33. The first-order valence-corrected chi connectivity index (χ1v) is 9.57. The van der Waals surface area contributed by atoms with Gasteiger partial charge in [-0.1, -0.05) is 52.7 Å². The van der Waals surface area contributed by atoms with Gasteiger partial charge in [0.15, 0.2) is 0 Å². The average Bonchev–Trinajstić information content (AvgIpc) is 2.10. The van der Waals surface area contributed by atoms with Gasteiger partial charge in [0.05, 0.1) is 15.7 Å². The summed E-state index contributed by atoms with van der Waals surface area (Å²) in [6, 6.07) is 0. The van der Waals surface area contributed by atoms with Gasteiger partial charge in [-0.3, -0.25) is 0 Å². The molecule has 0 amide bonds. The second-order valence-electron chi connectivity index (χ2n) is 6.54. The van der Waals surface area contributed by atoms with E-state index in [1.807, 2.05) is 0 Å². The first-order chi connectivity index (χ1) is 6.89. The van der Waals surface area contributed by atoms with Crippen molar-refractivity contribution in [3.8, 4) is 0 Å². The van der Waals surface area contributed by atoms with E-state index in [1.54, 1.807) is 0 Å². The van der Waals surface area contributed by atoms with Crippen LogP contribution in [0.5, 0.6) is 0 Å². The van der Waals surface area contributed by atoms with Crippen LogP contribution in [0.15, 0.2) is 0 Å². The van der Waals surface area contributed by atoms with E-state index in [4.69, 9.17) is 15.7 Å². The molecule has 0 aromatic heterocycles. The third-order valence-electron chi connectivity index (χ3n) is 3.36. The normalized spacial score (nSPS) is 21.2. The van der Waals surface area contributed by atoms with Gasteiger partial charge in [-0.15, -0.1) is 15.8 Å². The van der Waals surface area contributed by atoms with Crippen LogP contribution in [0.2, 0.25) is 0 Å². The zero-order valence-corrected chi connectivity index (χ0v) is 14.0. The summed E-state index contributed by atoms with van der Waals surface area (Å²) in [6.07, 6.45) is 0. The fourth-order valence-electron chi connectivity index (χ4n) is 1.35. The van der Waals surface area contributed by atoms with E-state index >= 15 is 0 Å². The maximum absolute atomic E-state index is 6.36. The van der Waals surface area contributed by atoms with Crippen LogP contribution in [-0.2, 0) is 0 Å².